The molecule has 0 spiro atoms. The van der Waals surface area contributed by atoms with E-state index >= 15 is 0 Å². The van der Waals surface area contributed by atoms with E-state index in [9.17, 15) is 4.79 Å². The molecular formula is C18H14N4OS. The summed E-state index contributed by atoms with van der Waals surface area (Å²) < 4.78 is 1.78. The van der Waals surface area contributed by atoms with Crippen molar-refractivity contribution >= 4 is 28.8 Å². The number of aromatic nitrogens is 3. The van der Waals surface area contributed by atoms with Crippen molar-refractivity contribution in [2.24, 2.45) is 0 Å². The Morgan fingerprint density at radius 1 is 1.12 bits per heavy atom. The predicted molar refractivity (Wildman–Crippen MR) is 94.2 cm³/mol. The van der Waals surface area contributed by atoms with Crippen LogP contribution in [0.5, 0.6) is 0 Å². The third-order valence-electron chi connectivity index (χ3n) is 3.71. The van der Waals surface area contributed by atoms with Gasteiger partial charge in [-0.25, -0.2) is 4.98 Å². The Morgan fingerprint density at radius 2 is 2.00 bits per heavy atom. The second kappa shape index (κ2) is 6.25. The lowest BCUT2D eigenvalue weighted by atomic mass is 9.96. The Kier molecular flexibility index (Phi) is 3.80. The van der Waals surface area contributed by atoms with Crippen molar-refractivity contribution in [3.8, 4) is 0 Å². The number of hydrogen-bond acceptors (Lipinski definition) is 4. The first-order chi connectivity index (χ1) is 11.8. The number of nitrogens with zero attached hydrogens (tertiary/aromatic N) is 3. The van der Waals surface area contributed by atoms with Gasteiger partial charge in [-0.3, -0.25) is 9.20 Å². The molecule has 6 heteroatoms. The molecule has 1 N–H and O–H groups in total. The Hall–Kier alpha value is -2.99. The Labute approximate surface area is 142 Å². The molecule has 0 aliphatic carbocycles. The highest BCUT2D eigenvalue weighted by atomic mass is 32.1. The zero-order valence-electron chi connectivity index (χ0n) is 12.7. The molecule has 0 saturated heterocycles. The van der Waals surface area contributed by atoms with Gasteiger partial charge in [0.1, 0.15) is 0 Å². The van der Waals surface area contributed by atoms with Gasteiger partial charge in [0.2, 0.25) is 11.7 Å². The summed E-state index contributed by atoms with van der Waals surface area (Å²) in [6.07, 6.45) is 5.28. The van der Waals surface area contributed by atoms with Gasteiger partial charge < -0.3 is 5.32 Å². The van der Waals surface area contributed by atoms with E-state index in [0.29, 0.717) is 11.6 Å². The van der Waals surface area contributed by atoms with Crippen LogP contribution < -0.4 is 5.32 Å². The highest BCUT2D eigenvalue weighted by molar-refractivity contribution is 7.10. The minimum Gasteiger partial charge on any atom is -0.308 e. The summed E-state index contributed by atoms with van der Waals surface area (Å²) in [5, 5.41) is 4.89. The van der Waals surface area contributed by atoms with E-state index < -0.39 is 0 Å². The molecule has 0 bridgehead atoms. The Balaban J connectivity index is 1.66. The van der Waals surface area contributed by atoms with E-state index in [1.165, 1.54) is 0 Å². The number of amides is 1. The molecule has 4 rings (SSSR count). The number of thiophene rings is 1. The van der Waals surface area contributed by atoms with Crippen LogP contribution in [0.2, 0.25) is 0 Å². The summed E-state index contributed by atoms with van der Waals surface area (Å²) in [5.74, 6) is 0.590. The molecule has 0 fully saturated rings. The molecule has 5 nitrogen and oxygen atoms in total. The lowest BCUT2D eigenvalue weighted by Gasteiger charge is -2.15. The fraction of sp³-hybridized carbons (Fsp3) is 0.0556. The van der Waals surface area contributed by atoms with Gasteiger partial charge in [0.25, 0.3) is 0 Å². The molecule has 1 atom stereocenters. The number of nitrogens with one attached hydrogen (secondary N) is 1. The number of imidazole rings is 1. The molecule has 0 radical (unpaired) electrons. The molecule has 3 heterocycles. The number of fused-ring (bicyclic) bond motifs is 1. The zero-order valence-corrected chi connectivity index (χ0v) is 13.5. The van der Waals surface area contributed by atoms with Crippen LogP contribution in [0.25, 0.3) is 5.78 Å². The largest absolute Gasteiger partial charge is 0.308 e. The zero-order chi connectivity index (χ0) is 16.4. The molecular weight excluding hydrogens is 320 g/mol. The van der Waals surface area contributed by atoms with E-state index in [-0.39, 0.29) is 11.8 Å². The Morgan fingerprint density at radius 3 is 2.75 bits per heavy atom. The predicted octanol–water partition coefficient (Wildman–Crippen LogP) is 3.56. The van der Waals surface area contributed by atoms with E-state index in [1.54, 1.807) is 28.1 Å². The van der Waals surface area contributed by atoms with Crippen LogP contribution >= 0.6 is 11.3 Å². The monoisotopic (exact) mass is 334 g/mol. The second-order valence-corrected chi connectivity index (χ2v) is 6.28. The van der Waals surface area contributed by atoms with Gasteiger partial charge in [-0.1, -0.05) is 36.4 Å². The van der Waals surface area contributed by atoms with Crippen molar-refractivity contribution in [2.45, 2.75) is 5.92 Å². The topological polar surface area (TPSA) is 59.3 Å². The molecule has 118 valence electrons. The molecule has 1 amide bonds. The van der Waals surface area contributed by atoms with Gasteiger partial charge in [0, 0.05) is 17.3 Å². The molecule has 24 heavy (non-hydrogen) atoms. The van der Waals surface area contributed by atoms with E-state index in [1.807, 2.05) is 60.1 Å². The lowest BCUT2D eigenvalue weighted by Crippen LogP contribution is -2.21. The van der Waals surface area contributed by atoms with Crippen molar-refractivity contribution in [3.63, 3.8) is 0 Å². The molecule has 4 aromatic rings. The van der Waals surface area contributed by atoms with Crippen LogP contribution in [-0.4, -0.2) is 20.3 Å². The maximum Gasteiger partial charge on any atom is 0.238 e. The van der Waals surface area contributed by atoms with Crippen molar-refractivity contribution in [2.75, 3.05) is 5.32 Å². The summed E-state index contributed by atoms with van der Waals surface area (Å²) in [6.45, 7) is 0. The molecule has 0 saturated carbocycles. The maximum atomic E-state index is 12.9. The number of benzene rings is 1. The number of carbonyl (C=O) groups excluding carboxylic acids is 1. The van der Waals surface area contributed by atoms with Gasteiger partial charge in [-0.15, -0.1) is 11.3 Å². The molecule has 1 aromatic carbocycles. The number of hydrogen-bond donors (Lipinski definition) is 1. The SMILES string of the molecule is O=C(Nc1cn2cccnc2n1)C(c1ccccc1)c1cccs1. The van der Waals surface area contributed by atoms with Gasteiger partial charge >= 0.3 is 0 Å². The standard InChI is InChI=1S/C18H14N4OS/c23-17(20-15-12-22-10-5-9-19-18(22)21-15)16(14-8-4-11-24-14)13-6-2-1-3-7-13/h1-12,16H,(H,20,23). The first kappa shape index (κ1) is 14.6. The first-order valence-corrected chi connectivity index (χ1v) is 8.38. The van der Waals surface area contributed by atoms with E-state index in [2.05, 4.69) is 15.3 Å². The fourth-order valence-electron chi connectivity index (χ4n) is 2.63. The van der Waals surface area contributed by atoms with Crippen molar-refractivity contribution < 1.29 is 4.79 Å². The summed E-state index contributed by atoms with van der Waals surface area (Å²) in [5.41, 5.74) is 0.958. The van der Waals surface area contributed by atoms with Crippen molar-refractivity contribution in [1.29, 1.82) is 0 Å². The number of carbonyl (C=O) groups is 1. The molecule has 1 unspecified atom stereocenters. The molecule has 0 aliphatic heterocycles. The van der Waals surface area contributed by atoms with E-state index in [4.69, 9.17) is 0 Å². The van der Waals surface area contributed by atoms with Crippen LogP contribution in [0.1, 0.15) is 16.4 Å². The summed E-state index contributed by atoms with van der Waals surface area (Å²) in [7, 11) is 0. The highest BCUT2D eigenvalue weighted by Crippen LogP contribution is 2.29. The van der Waals surface area contributed by atoms with Crippen molar-refractivity contribution in [3.05, 3.63) is 82.9 Å². The summed E-state index contributed by atoms with van der Waals surface area (Å²) in [4.78, 5) is 22.4. The maximum absolute atomic E-state index is 12.9. The summed E-state index contributed by atoms with van der Waals surface area (Å²) >= 11 is 1.57. The van der Waals surface area contributed by atoms with Crippen LogP contribution in [0.3, 0.4) is 0 Å². The molecule has 3 aromatic heterocycles. The third kappa shape index (κ3) is 2.79. The normalized spacial score (nSPS) is 12.2. The van der Waals surface area contributed by atoms with E-state index in [0.717, 1.165) is 10.4 Å². The van der Waals surface area contributed by atoms with Crippen LogP contribution in [0.15, 0.2) is 72.5 Å². The molecule has 0 aliphatic rings. The Bertz CT molecular complexity index is 930. The average Bonchev–Trinajstić information content (AvgIpc) is 3.25. The van der Waals surface area contributed by atoms with Crippen LogP contribution in [0, 0.1) is 0 Å². The number of rotatable bonds is 4. The van der Waals surface area contributed by atoms with Crippen LogP contribution in [-0.2, 0) is 4.79 Å². The highest BCUT2D eigenvalue weighted by Gasteiger charge is 2.24. The first-order valence-electron chi connectivity index (χ1n) is 7.50. The van der Waals surface area contributed by atoms with Crippen LogP contribution in [0.4, 0.5) is 5.82 Å². The lowest BCUT2D eigenvalue weighted by molar-refractivity contribution is -0.116. The minimum absolute atomic E-state index is 0.105. The van der Waals surface area contributed by atoms with Gasteiger partial charge in [0.15, 0.2) is 5.82 Å². The summed E-state index contributed by atoms with van der Waals surface area (Å²) in [6, 6.07) is 15.5. The fourth-order valence-corrected chi connectivity index (χ4v) is 3.49. The quantitative estimate of drug-likeness (QED) is 0.621. The second-order valence-electron chi connectivity index (χ2n) is 5.30. The van der Waals surface area contributed by atoms with Gasteiger partial charge in [-0.2, -0.15) is 4.98 Å². The third-order valence-corrected chi connectivity index (χ3v) is 4.65. The smallest absolute Gasteiger partial charge is 0.238 e. The van der Waals surface area contributed by atoms with Crippen molar-refractivity contribution in [1.82, 2.24) is 14.4 Å². The number of anilines is 1. The van der Waals surface area contributed by atoms with Gasteiger partial charge in [-0.05, 0) is 23.1 Å². The minimum atomic E-state index is -0.357. The van der Waals surface area contributed by atoms with Gasteiger partial charge in [0.05, 0.1) is 12.1 Å². The average molecular weight is 334 g/mol.